The number of para-hydroxylation sites is 1. The van der Waals surface area contributed by atoms with Crippen LogP contribution in [0.2, 0.25) is 0 Å². The van der Waals surface area contributed by atoms with Crippen LogP contribution in [-0.2, 0) is 0 Å². The highest BCUT2D eigenvalue weighted by atomic mass is 16.3. The highest BCUT2D eigenvalue weighted by Gasteiger charge is 2.20. The van der Waals surface area contributed by atoms with Crippen LogP contribution in [0.5, 0.6) is 0 Å². The fraction of sp³-hybridized carbons (Fsp3) is 0. The molecule has 2 aromatic carbocycles. The highest BCUT2D eigenvalue weighted by Crippen LogP contribution is 2.28. The Morgan fingerprint density at radius 2 is 1.66 bits per heavy atom. The van der Waals surface area contributed by atoms with E-state index in [1.165, 1.54) is 4.68 Å². The number of hydrogen-bond donors (Lipinski definition) is 1. The molecule has 0 bridgehead atoms. The lowest BCUT2D eigenvalue weighted by molar-refractivity contribution is 0.572. The summed E-state index contributed by atoms with van der Waals surface area (Å²) < 4.78 is 7.30. The molecule has 0 amide bonds. The molecule has 6 heteroatoms. The van der Waals surface area contributed by atoms with Gasteiger partial charge in [-0.2, -0.15) is 15.6 Å². The van der Waals surface area contributed by atoms with Crippen LogP contribution >= 0.6 is 0 Å². The minimum absolute atomic E-state index is 0.150. The first-order valence-corrected chi connectivity index (χ1v) is 8.82. The SMILES string of the molecule is N#CC(=Cc1ccc(-c2ccccc2)o1)c1nn(-c2ccccc2)c(N)c1C#N. The highest BCUT2D eigenvalue weighted by molar-refractivity contribution is 5.90. The van der Waals surface area contributed by atoms with E-state index >= 15 is 0 Å². The molecule has 138 valence electrons. The Labute approximate surface area is 167 Å². The Hall–Kier alpha value is -4.55. The number of benzene rings is 2. The first-order valence-electron chi connectivity index (χ1n) is 8.82. The molecule has 0 spiro atoms. The monoisotopic (exact) mass is 377 g/mol. The maximum Gasteiger partial charge on any atom is 0.145 e. The number of nitrogens with two attached hydrogens (primary N) is 1. The molecule has 0 radical (unpaired) electrons. The second kappa shape index (κ2) is 7.59. The molecule has 6 nitrogen and oxygen atoms in total. The first kappa shape index (κ1) is 17.8. The van der Waals surface area contributed by atoms with Gasteiger partial charge in [0, 0.05) is 11.6 Å². The Morgan fingerprint density at radius 3 is 2.31 bits per heavy atom. The van der Waals surface area contributed by atoms with Gasteiger partial charge in [-0.1, -0.05) is 48.5 Å². The zero-order valence-electron chi connectivity index (χ0n) is 15.3. The summed E-state index contributed by atoms with van der Waals surface area (Å²) in [5.74, 6) is 1.35. The van der Waals surface area contributed by atoms with Crippen LogP contribution in [0.3, 0.4) is 0 Å². The molecule has 0 fully saturated rings. The molecular weight excluding hydrogens is 362 g/mol. The van der Waals surface area contributed by atoms with Gasteiger partial charge in [0.05, 0.1) is 11.3 Å². The molecule has 4 rings (SSSR count). The van der Waals surface area contributed by atoms with Crippen LogP contribution in [0, 0.1) is 22.7 Å². The van der Waals surface area contributed by atoms with Crippen molar-refractivity contribution in [2.24, 2.45) is 0 Å². The average molecular weight is 377 g/mol. The van der Waals surface area contributed by atoms with E-state index < -0.39 is 0 Å². The Morgan fingerprint density at radius 1 is 0.966 bits per heavy atom. The summed E-state index contributed by atoms with van der Waals surface area (Å²) in [7, 11) is 0. The molecule has 0 atom stereocenters. The summed E-state index contributed by atoms with van der Waals surface area (Å²) in [5, 5.41) is 23.7. The normalized spacial score (nSPS) is 11.0. The van der Waals surface area contributed by atoms with Crippen molar-refractivity contribution in [1.29, 1.82) is 10.5 Å². The predicted octanol–water partition coefficient (Wildman–Crippen LogP) is 4.65. The van der Waals surface area contributed by atoms with Gasteiger partial charge >= 0.3 is 0 Å². The third kappa shape index (κ3) is 3.39. The lowest BCUT2D eigenvalue weighted by Gasteiger charge is -2.02. The number of anilines is 1. The van der Waals surface area contributed by atoms with E-state index in [2.05, 4.69) is 17.2 Å². The lowest BCUT2D eigenvalue weighted by Crippen LogP contribution is -2.02. The summed E-state index contributed by atoms with van der Waals surface area (Å²) in [4.78, 5) is 0. The van der Waals surface area contributed by atoms with Crippen molar-refractivity contribution >= 4 is 17.5 Å². The van der Waals surface area contributed by atoms with Gasteiger partial charge in [-0.3, -0.25) is 0 Å². The number of nitrogens with zero attached hydrogens (tertiary/aromatic N) is 4. The van der Waals surface area contributed by atoms with Crippen molar-refractivity contribution in [3.63, 3.8) is 0 Å². The summed E-state index contributed by atoms with van der Waals surface area (Å²) in [5.41, 5.74) is 8.32. The van der Waals surface area contributed by atoms with Crippen molar-refractivity contribution in [3.05, 3.63) is 89.8 Å². The van der Waals surface area contributed by atoms with E-state index in [-0.39, 0.29) is 22.6 Å². The number of rotatable bonds is 4. The fourth-order valence-electron chi connectivity index (χ4n) is 2.98. The second-order valence-corrected chi connectivity index (χ2v) is 6.21. The number of hydrogen-bond acceptors (Lipinski definition) is 5. The maximum absolute atomic E-state index is 9.70. The Kier molecular flexibility index (Phi) is 4.67. The smallest absolute Gasteiger partial charge is 0.145 e. The van der Waals surface area contributed by atoms with E-state index in [1.54, 1.807) is 12.1 Å². The molecule has 0 saturated heterocycles. The maximum atomic E-state index is 9.70. The molecule has 2 aromatic heterocycles. The Balaban J connectivity index is 1.77. The molecule has 0 saturated carbocycles. The molecule has 0 unspecified atom stereocenters. The molecule has 2 heterocycles. The number of allylic oxidation sites excluding steroid dienone is 1. The summed E-state index contributed by atoms with van der Waals surface area (Å²) in [6.07, 6.45) is 1.56. The van der Waals surface area contributed by atoms with Gasteiger partial charge in [-0.05, 0) is 24.3 Å². The van der Waals surface area contributed by atoms with Crippen molar-refractivity contribution in [2.45, 2.75) is 0 Å². The van der Waals surface area contributed by atoms with Gasteiger partial charge in [0.15, 0.2) is 0 Å². The van der Waals surface area contributed by atoms with Gasteiger partial charge in [0.25, 0.3) is 0 Å². The van der Waals surface area contributed by atoms with E-state index in [0.717, 1.165) is 5.56 Å². The van der Waals surface area contributed by atoms with E-state index in [4.69, 9.17) is 10.2 Å². The van der Waals surface area contributed by atoms with Crippen molar-refractivity contribution in [1.82, 2.24) is 9.78 Å². The molecule has 4 aromatic rings. The zero-order valence-corrected chi connectivity index (χ0v) is 15.3. The Bertz CT molecular complexity index is 1270. The van der Waals surface area contributed by atoms with Crippen LogP contribution in [0.4, 0.5) is 5.82 Å². The van der Waals surface area contributed by atoms with Crippen LogP contribution < -0.4 is 5.73 Å². The third-order valence-corrected chi connectivity index (χ3v) is 4.38. The second-order valence-electron chi connectivity index (χ2n) is 6.21. The van der Waals surface area contributed by atoms with Crippen LogP contribution in [-0.4, -0.2) is 9.78 Å². The molecule has 0 aliphatic rings. The van der Waals surface area contributed by atoms with Gasteiger partial charge in [-0.15, -0.1) is 0 Å². The fourth-order valence-corrected chi connectivity index (χ4v) is 2.98. The number of nitriles is 2. The lowest BCUT2D eigenvalue weighted by atomic mass is 10.1. The molecule has 0 aliphatic carbocycles. The molecule has 2 N–H and O–H groups in total. The van der Waals surface area contributed by atoms with Crippen molar-refractivity contribution in [2.75, 3.05) is 5.73 Å². The standard InChI is InChI=1S/C23H15N5O/c24-14-17(13-19-11-12-21(29-19)16-7-3-1-4-8-16)22-20(15-25)23(26)28(27-22)18-9-5-2-6-10-18/h1-13H,26H2. The third-order valence-electron chi connectivity index (χ3n) is 4.38. The van der Waals surface area contributed by atoms with Gasteiger partial charge < -0.3 is 10.2 Å². The molecule has 0 aliphatic heterocycles. The summed E-state index contributed by atoms with van der Waals surface area (Å²) in [6.45, 7) is 0. The summed E-state index contributed by atoms with van der Waals surface area (Å²) in [6, 6.07) is 26.6. The topological polar surface area (TPSA) is 105 Å². The number of aromatic nitrogens is 2. The van der Waals surface area contributed by atoms with Gasteiger partial charge in [0.1, 0.15) is 40.7 Å². The number of furan rings is 1. The van der Waals surface area contributed by atoms with Crippen LogP contribution in [0.25, 0.3) is 28.7 Å². The van der Waals surface area contributed by atoms with E-state index in [0.29, 0.717) is 17.2 Å². The largest absolute Gasteiger partial charge is 0.457 e. The molecule has 29 heavy (non-hydrogen) atoms. The van der Waals surface area contributed by atoms with Gasteiger partial charge in [-0.25, -0.2) is 4.68 Å². The van der Waals surface area contributed by atoms with Crippen LogP contribution in [0.15, 0.2) is 77.2 Å². The van der Waals surface area contributed by atoms with E-state index in [1.807, 2.05) is 66.7 Å². The van der Waals surface area contributed by atoms with Gasteiger partial charge in [0.2, 0.25) is 0 Å². The predicted molar refractivity (Wildman–Crippen MR) is 110 cm³/mol. The van der Waals surface area contributed by atoms with Crippen molar-refractivity contribution < 1.29 is 4.42 Å². The van der Waals surface area contributed by atoms with Crippen molar-refractivity contribution in [3.8, 4) is 29.1 Å². The summed E-state index contributed by atoms with van der Waals surface area (Å²) >= 11 is 0. The minimum atomic E-state index is 0.150. The first-order chi connectivity index (χ1) is 14.2. The zero-order chi connectivity index (χ0) is 20.2. The average Bonchev–Trinajstić information content (AvgIpc) is 3.37. The number of nitrogen functional groups attached to an aromatic ring is 1. The molecular formula is C23H15N5O. The van der Waals surface area contributed by atoms with E-state index in [9.17, 15) is 10.5 Å². The quantitative estimate of drug-likeness (QED) is 0.521. The van der Waals surface area contributed by atoms with Crippen LogP contribution in [0.1, 0.15) is 17.0 Å². The minimum Gasteiger partial charge on any atom is -0.457 e.